The van der Waals surface area contributed by atoms with Gasteiger partial charge in [0.25, 0.3) is 0 Å². The van der Waals surface area contributed by atoms with Gasteiger partial charge in [-0.25, -0.2) is 0 Å². The highest BCUT2D eigenvalue weighted by Gasteiger charge is 2.62. The minimum atomic E-state index is 0.142. The molecule has 3 atom stereocenters. The molecular formula is C53H47N. The summed E-state index contributed by atoms with van der Waals surface area (Å²) in [5.74, 6) is 5.02. The molecule has 1 heteroatoms. The van der Waals surface area contributed by atoms with Gasteiger partial charge >= 0.3 is 0 Å². The van der Waals surface area contributed by atoms with Crippen molar-refractivity contribution in [3.8, 4) is 33.4 Å². The van der Waals surface area contributed by atoms with Crippen LogP contribution in [0, 0.1) is 35.5 Å². The van der Waals surface area contributed by atoms with Crippen LogP contribution in [0.2, 0.25) is 0 Å². The van der Waals surface area contributed by atoms with Crippen LogP contribution < -0.4 is 4.90 Å². The topological polar surface area (TPSA) is 3.24 Å². The minimum Gasteiger partial charge on any atom is -0.310 e. The lowest BCUT2D eigenvalue weighted by Crippen LogP contribution is -2.55. The largest absolute Gasteiger partial charge is 0.310 e. The third-order valence-electron chi connectivity index (χ3n) is 16.3. The van der Waals surface area contributed by atoms with E-state index in [1.165, 1.54) is 108 Å². The van der Waals surface area contributed by atoms with Gasteiger partial charge in [-0.05, 0) is 179 Å². The number of rotatable bonds is 4. The third-order valence-corrected chi connectivity index (χ3v) is 16.3. The second kappa shape index (κ2) is 10.9. The molecular weight excluding hydrogens is 651 g/mol. The SMILES string of the molecule is c1ccc(-c2ccc(N(c3ccc4c(c3)-c3ccccc3[C@]43CC4CCC3C4)c3ccc4c(c3)C3(c5ccccc5-4)C4CC5CC(C4)CC3C5)cc2)cc1. The van der Waals surface area contributed by atoms with Gasteiger partial charge in [-0.15, -0.1) is 0 Å². The van der Waals surface area contributed by atoms with E-state index in [1.54, 1.807) is 22.3 Å². The van der Waals surface area contributed by atoms with E-state index in [9.17, 15) is 0 Å². The predicted octanol–water partition coefficient (Wildman–Crippen LogP) is 13.6. The van der Waals surface area contributed by atoms with Crippen LogP contribution in [0.1, 0.15) is 80.0 Å². The summed E-state index contributed by atoms with van der Waals surface area (Å²) < 4.78 is 0. The van der Waals surface area contributed by atoms with Gasteiger partial charge in [0.1, 0.15) is 0 Å². The summed E-state index contributed by atoms with van der Waals surface area (Å²) in [4.78, 5) is 2.59. The Labute approximate surface area is 320 Å². The third kappa shape index (κ3) is 3.86. The van der Waals surface area contributed by atoms with Gasteiger partial charge in [0.2, 0.25) is 0 Å². The maximum atomic E-state index is 2.67. The van der Waals surface area contributed by atoms with Crippen LogP contribution in [0.5, 0.6) is 0 Å². The molecule has 14 rings (SSSR count). The average molecular weight is 698 g/mol. The zero-order valence-electron chi connectivity index (χ0n) is 31.1. The van der Waals surface area contributed by atoms with E-state index in [0.717, 1.165) is 35.5 Å². The van der Waals surface area contributed by atoms with Crippen molar-refractivity contribution in [2.24, 2.45) is 35.5 Å². The first-order valence-electron chi connectivity index (χ1n) is 21.1. The Morgan fingerprint density at radius 2 is 0.963 bits per heavy atom. The highest BCUT2D eigenvalue weighted by molar-refractivity contribution is 5.90. The summed E-state index contributed by atoms with van der Waals surface area (Å²) in [5, 5.41) is 0. The fourth-order valence-electron chi connectivity index (χ4n) is 14.7. The van der Waals surface area contributed by atoms with E-state index >= 15 is 0 Å². The molecule has 6 fully saturated rings. The Hall–Kier alpha value is -4.88. The number of hydrogen-bond donors (Lipinski definition) is 0. The minimum absolute atomic E-state index is 0.142. The lowest BCUT2D eigenvalue weighted by molar-refractivity contribution is -0.0399. The van der Waals surface area contributed by atoms with Gasteiger partial charge in [0.15, 0.2) is 0 Å². The molecule has 0 aromatic heterocycles. The molecule has 54 heavy (non-hydrogen) atoms. The van der Waals surface area contributed by atoms with Crippen molar-refractivity contribution in [1.82, 2.24) is 0 Å². The summed E-state index contributed by atoms with van der Waals surface area (Å²) in [5.41, 5.74) is 19.0. The molecule has 6 saturated carbocycles. The first kappa shape index (κ1) is 30.4. The summed E-state index contributed by atoms with van der Waals surface area (Å²) in [7, 11) is 0. The van der Waals surface area contributed by atoms with Crippen LogP contribution >= 0.6 is 0 Å². The Morgan fingerprint density at radius 3 is 1.69 bits per heavy atom. The smallest absolute Gasteiger partial charge is 0.0468 e. The molecule has 2 unspecified atom stereocenters. The number of fused-ring (bicyclic) bond motifs is 11. The van der Waals surface area contributed by atoms with Crippen LogP contribution in [-0.4, -0.2) is 0 Å². The Morgan fingerprint density at radius 1 is 0.389 bits per heavy atom. The van der Waals surface area contributed by atoms with E-state index in [-0.39, 0.29) is 10.8 Å². The van der Waals surface area contributed by atoms with E-state index in [1.807, 2.05) is 0 Å². The maximum Gasteiger partial charge on any atom is 0.0468 e. The summed E-state index contributed by atoms with van der Waals surface area (Å²) in [6, 6.07) is 54.4. The van der Waals surface area contributed by atoms with Crippen LogP contribution in [0.15, 0.2) is 140 Å². The molecule has 0 heterocycles. The zero-order valence-corrected chi connectivity index (χ0v) is 31.1. The summed E-state index contributed by atoms with van der Waals surface area (Å²) in [6.07, 6.45) is 12.6. The first-order valence-corrected chi connectivity index (χ1v) is 21.1. The highest BCUT2D eigenvalue weighted by Crippen LogP contribution is 2.70. The second-order valence-corrected chi connectivity index (χ2v) is 18.5. The molecule has 264 valence electrons. The monoisotopic (exact) mass is 697 g/mol. The molecule has 6 aromatic rings. The maximum absolute atomic E-state index is 2.67. The fraction of sp³-hybridized carbons (Fsp3) is 0.321. The van der Waals surface area contributed by atoms with Gasteiger partial charge in [-0.2, -0.15) is 0 Å². The lowest BCUT2D eigenvalue weighted by Gasteiger charge is -2.61. The average Bonchev–Trinajstić information content (AvgIpc) is 3.97. The molecule has 0 saturated heterocycles. The first-order chi connectivity index (χ1) is 26.7. The number of anilines is 3. The van der Waals surface area contributed by atoms with Crippen LogP contribution in [0.4, 0.5) is 17.1 Å². The number of benzene rings is 6. The van der Waals surface area contributed by atoms with Gasteiger partial charge < -0.3 is 4.90 Å². The summed E-state index contributed by atoms with van der Waals surface area (Å²) in [6.45, 7) is 0. The van der Waals surface area contributed by atoms with Crippen molar-refractivity contribution in [2.75, 3.05) is 4.90 Å². The second-order valence-electron chi connectivity index (χ2n) is 18.5. The fourth-order valence-corrected chi connectivity index (χ4v) is 14.7. The molecule has 8 aliphatic carbocycles. The Kier molecular flexibility index (Phi) is 6.13. The van der Waals surface area contributed by atoms with Crippen LogP contribution in [0.3, 0.4) is 0 Å². The van der Waals surface area contributed by atoms with Crippen molar-refractivity contribution < 1.29 is 0 Å². The van der Waals surface area contributed by atoms with Crippen molar-refractivity contribution in [2.45, 2.75) is 68.6 Å². The van der Waals surface area contributed by atoms with Gasteiger partial charge in [0, 0.05) is 27.9 Å². The molecule has 0 amide bonds. The van der Waals surface area contributed by atoms with Gasteiger partial charge in [-0.1, -0.05) is 110 Å². The molecule has 1 nitrogen and oxygen atoms in total. The summed E-state index contributed by atoms with van der Waals surface area (Å²) >= 11 is 0. The Bertz CT molecular complexity index is 2460. The Balaban J connectivity index is 1.00. The molecule has 0 aliphatic heterocycles. The highest BCUT2D eigenvalue weighted by atomic mass is 15.1. The van der Waals surface area contributed by atoms with Crippen molar-refractivity contribution in [3.63, 3.8) is 0 Å². The predicted molar refractivity (Wildman–Crippen MR) is 221 cm³/mol. The van der Waals surface area contributed by atoms with Crippen LogP contribution in [0.25, 0.3) is 33.4 Å². The van der Waals surface area contributed by atoms with Crippen molar-refractivity contribution >= 4 is 17.1 Å². The molecule has 8 aliphatic rings. The van der Waals surface area contributed by atoms with Gasteiger partial charge in [0.05, 0.1) is 0 Å². The molecule has 2 spiro atoms. The molecule has 0 radical (unpaired) electrons. The van der Waals surface area contributed by atoms with Crippen molar-refractivity contribution in [1.29, 1.82) is 0 Å². The van der Waals surface area contributed by atoms with E-state index in [0.29, 0.717) is 0 Å². The van der Waals surface area contributed by atoms with Crippen molar-refractivity contribution in [3.05, 3.63) is 162 Å². The zero-order chi connectivity index (χ0) is 35.2. The number of hydrogen-bond acceptors (Lipinski definition) is 1. The normalized spacial score (nSPS) is 31.2. The van der Waals surface area contributed by atoms with E-state index in [2.05, 4.69) is 144 Å². The number of nitrogens with zero attached hydrogens (tertiary/aromatic N) is 1. The van der Waals surface area contributed by atoms with E-state index in [4.69, 9.17) is 0 Å². The van der Waals surface area contributed by atoms with E-state index < -0.39 is 0 Å². The molecule has 6 aromatic carbocycles. The standard InChI is InChI=1S/C53H47N/c1-2-8-36(9-3-1)37-15-18-41(19-16-37)54(42-21-23-49-47(30-42)45-11-4-6-12-48(45)52(49)32-33-14-17-38(52)25-33)43-20-22-46-44-10-5-7-13-50(44)53(51(46)31-43)39-26-34-24-35(28-39)29-40(53)27-34/h1-13,15-16,18-23,30-31,33-35,38-40H,14,17,24-29,32H2/t33?,34?,35?,38?,39?,40?,52-,53?/m1/s1. The van der Waals surface area contributed by atoms with Gasteiger partial charge in [-0.3, -0.25) is 0 Å². The van der Waals surface area contributed by atoms with Crippen LogP contribution in [-0.2, 0) is 10.8 Å². The molecule has 6 bridgehead atoms. The quantitative estimate of drug-likeness (QED) is 0.177. The lowest BCUT2D eigenvalue weighted by atomic mass is 9.43. The molecule has 0 N–H and O–H groups in total.